The van der Waals surface area contributed by atoms with Crippen LogP contribution in [0.1, 0.15) is 50.8 Å². The normalized spacial score (nSPS) is 14.8. The minimum Gasteiger partial charge on any atom is -0.313 e. The molecule has 1 nitrogen and oxygen atoms in total. The van der Waals surface area contributed by atoms with Crippen LogP contribution in [0.2, 0.25) is 0 Å². The fourth-order valence-corrected chi connectivity index (χ4v) is 3.39. The monoisotopic (exact) mass is 311 g/mol. The Bertz CT molecular complexity index is 373. The van der Waals surface area contributed by atoms with E-state index in [4.69, 9.17) is 0 Å². The molecule has 0 amide bonds. The molecular formula is C16H26BrN. The summed E-state index contributed by atoms with van der Waals surface area (Å²) in [5.41, 5.74) is 2.68. The van der Waals surface area contributed by atoms with Crippen LogP contribution in [-0.4, -0.2) is 7.05 Å². The summed E-state index contributed by atoms with van der Waals surface area (Å²) in [4.78, 5) is 0. The highest BCUT2D eigenvalue weighted by Crippen LogP contribution is 2.30. The topological polar surface area (TPSA) is 12.0 Å². The van der Waals surface area contributed by atoms with E-state index in [-0.39, 0.29) is 0 Å². The Morgan fingerprint density at radius 2 is 1.83 bits per heavy atom. The van der Waals surface area contributed by atoms with Gasteiger partial charge in [0.25, 0.3) is 0 Å². The SMILES string of the molecule is CNC(CC(C)CC(C)C)c1ccc(C)cc1Br. The molecule has 0 saturated carbocycles. The maximum Gasteiger partial charge on any atom is 0.0331 e. The van der Waals surface area contributed by atoms with E-state index < -0.39 is 0 Å². The molecule has 0 aliphatic carbocycles. The zero-order valence-electron chi connectivity index (χ0n) is 12.3. The zero-order valence-corrected chi connectivity index (χ0v) is 13.8. The molecule has 2 heteroatoms. The molecule has 18 heavy (non-hydrogen) atoms. The maximum atomic E-state index is 3.69. The van der Waals surface area contributed by atoms with Crippen molar-refractivity contribution >= 4 is 15.9 Å². The van der Waals surface area contributed by atoms with Crippen LogP contribution in [0.3, 0.4) is 0 Å². The summed E-state index contributed by atoms with van der Waals surface area (Å²) in [6.45, 7) is 9.08. The Hall–Kier alpha value is -0.340. The number of benzene rings is 1. The third kappa shape index (κ3) is 4.74. The molecule has 0 heterocycles. The average Bonchev–Trinajstić information content (AvgIpc) is 2.25. The lowest BCUT2D eigenvalue weighted by atomic mass is 9.90. The van der Waals surface area contributed by atoms with Crippen molar-refractivity contribution in [2.75, 3.05) is 7.05 Å². The summed E-state index contributed by atoms with van der Waals surface area (Å²) >= 11 is 3.69. The van der Waals surface area contributed by atoms with Gasteiger partial charge in [-0.15, -0.1) is 0 Å². The molecule has 1 aromatic rings. The molecule has 0 fully saturated rings. The van der Waals surface area contributed by atoms with E-state index in [0.29, 0.717) is 6.04 Å². The fourth-order valence-electron chi connectivity index (χ4n) is 2.62. The lowest BCUT2D eigenvalue weighted by Gasteiger charge is -2.23. The predicted octanol–water partition coefficient (Wildman–Crippen LogP) is 5.09. The van der Waals surface area contributed by atoms with Crippen molar-refractivity contribution in [3.05, 3.63) is 33.8 Å². The van der Waals surface area contributed by atoms with E-state index in [1.807, 2.05) is 0 Å². The molecule has 0 bridgehead atoms. The quantitative estimate of drug-likeness (QED) is 0.771. The van der Waals surface area contributed by atoms with Crippen molar-refractivity contribution in [1.29, 1.82) is 0 Å². The molecule has 1 rings (SSSR count). The molecule has 1 N–H and O–H groups in total. The van der Waals surface area contributed by atoms with Gasteiger partial charge in [-0.1, -0.05) is 48.8 Å². The van der Waals surface area contributed by atoms with Crippen LogP contribution < -0.4 is 5.32 Å². The minimum atomic E-state index is 0.439. The highest BCUT2D eigenvalue weighted by molar-refractivity contribution is 9.10. The largest absolute Gasteiger partial charge is 0.313 e. The Morgan fingerprint density at radius 1 is 1.17 bits per heavy atom. The second-order valence-corrected chi connectivity index (χ2v) is 6.69. The van der Waals surface area contributed by atoms with Crippen molar-refractivity contribution in [3.8, 4) is 0 Å². The highest BCUT2D eigenvalue weighted by atomic mass is 79.9. The second-order valence-electron chi connectivity index (χ2n) is 5.84. The van der Waals surface area contributed by atoms with E-state index in [2.05, 4.69) is 74.2 Å². The first kappa shape index (κ1) is 15.7. The van der Waals surface area contributed by atoms with E-state index in [1.165, 1.54) is 28.4 Å². The molecule has 0 radical (unpaired) electrons. The third-order valence-corrected chi connectivity index (χ3v) is 4.08. The first-order valence-electron chi connectivity index (χ1n) is 6.87. The van der Waals surface area contributed by atoms with E-state index in [0.717, 1.165) is 11.8 Å². The molecule has 0 aromatic heterocycles. The summed E-state index contributed by atoms with van der Waals surface area (Å²) in [6.07, 6.45) is 2.48. The Balaban J connectivity index is 2.76. The minimum absolute atomic E-state index is 0.439. The van der Waals surface area contributed by atoms with Crippen molar-refractivity contribution in [3.63, 3.8) is 0 Å². The summed E-state index contributed by atoms with van der Waals surface area (Å²) in [7, 11) is 2.05. The van der Waals surface area contributed by atoms with Crippen LogP contribution in [-0.2, 0) is 0 Å². The number of hydrogen-bond acceptors (Lipinski definition) is 1. The molecule has 0 saturated heterocycles. The van der Waals surface area contributed by atoms with Crippen LogP contribution in [0, 0.1) is 18.8 Å². The molecule has 0 aliphatic heterocycles. The number of hydrogen-bond donors (Lipinski definition) is 1. The van der Waals surface area contributed by atoms with Crippen molar-refractivity contribution < 1.29 is 0 Å². The van der Waals surface area contributed by atoms with Crippen LogP contribution in [0.4, 0.5) is 0 Å². The number of halogens is 1. The maximum absolute atomic E-state index is 3.69. The van der Waals surface area contributed by atoms with E-state index in [1.54, 1.807) is 0 Å². The molecule has 0 spiro atoms. The summed E-state index contributed by atoms with van der Waals surface area (Å²) in [6, 6.07) is 7.07. The fraction of sp³-hybridized carbons (Fsp3) is 0.625. The molecular weight excluding hydrogens is 286 g/mol. The number of rotatable bonds is 6. The van der Waals surface area contributed by atoms with E-state index >= 15 is 0 Å². The van der Waals surface area contributed by atoms with Gasteiger partial charge in [-0.2, -0.15) is 0 Å². The summed E-state index contributed by atoms with van der Waals surface area (Å²) in [5.74, 6) is 1.52. The first-order chi connectivity index (χ1) is 8.43. The van der Waals surface area contributed by atoms with Gasteiger partial charge in [0, 0.05) is 10.5 Å². The molecule has 2 atom stereocenters. The van der Waals surface area contributed by atoms with Crippen LogP contribution in [0.5, 0.6) is 0 Å². The Kier molecular flexibility index (Phi) is 6.37. The van der Waals surface area contributed by atoms with Crippen LogP contribution in [0.15, 0.2) is 22.7 Å². The second kappa shape index (κ2) is 7.30. The van der Waals surface area contributed by atoms with Gasteiger partial charge in [0.15, 0.2) is 0 Å². The van der Waals surface area contributed by atoms with Crippen molar-refractivity contribution in [2.45, 2.75) is 46.6 Å². The smallest absolute Gasteiger partial charge is 0.0331 e. The van der Waals surface area contributed by atoms with Gasteiger partial charge in [-0.05, 0) is 55.8 Å². The van der Waals surface area contributed by atoms with Gasteiger partial charge in [-0.25, -0.2) is 0 Å². The van der Waals surface area contributed by atoms with Gasteiger partial charge in [0.05, 0.1) is 0 Å². The highest BCUT2D eigenvalue weighted by Gasteiger charge is 2.16. The third-order valence-electron chi connectivity index (χ3n) is 3.39. The molecule has 102 valence electrons. The van der Waals surface area contributed by atoms with Gasteiger partial charge in [0.1, 0.15) is 0 Å². The Labute approximate surface area is 120 Å². The van der Waals surface area contributed by atoms with Gasteiger partial charge >= 0.3 is 0 Å². The Morgan fingerprint density at radius 3 is 2.33 bits per heavy atom. The van der Waals surface area contributed by atoms with Crippen LogP contribution in [0.25, 0.3) is 0 Å². The average molecular weight is 312 g/mol. The van der Waals surface area contributed by atoms with Gasteiger partial charge in [0.2, 0.25) is 0 Å². The first-order valence-corrected chi connectivity index (χ1v) is 7.66. The molecule has 1 aromatic carbocycles. The lowest BCUT2D eigenvalue weighted by molar-refractivity contribution is 0.366. The van der Waals surface area contributed by atoms with E-state index in [9.17, 15) is 0 Å². The van der Waals surface area contributed by atoms with Gasteiger partial charge in [-0.3, -0.25) is 0 Å². The van der Waals surface area contributed by atoms with Crippen molar-refractivity contribution in [1.82, 2.24) is 5.32 Å². The van der Waals surface area contributed by atoms with Crippen molar-refractivity contribution in [2.24, 2.45) is 11.8 Å². The molecule has 2 unspecified atom stereocenters. The summed E-state index contributed by atoms with van der Waals surface area (Å²) < 4.78 is 1.22. The zero-order chi connectivity index (χ0) is 13.7. The summed E-state index contributed by atoms with van der Waals surface area (Å²) in [5, 5.41) is 3.45. The number of aryl methyl sites for hydroxylation is 1. The molecule has 0 aliphatic rings. The lowest BCUT2D eigenvalue weighted by Crippen LogP contribution is -2.20. The number of nitrogens with one attached hydrogen (secondary N) is 1. The van der Waals surface area contributed by atoms with Crippen LogP contribution >= 0.6 is 15.9 Å². The standard InChI is InChI=1S/C16H26BrN/c1-11(2)8-13(4)10-16(18-5)14-7-6-12(3)9-15(14)17/h6-7,9,11,13,16,18H,8,10H2,1-5H3. The predicted molar refractivity (Wildman–Crippen MR) is 83.9 cm³/mol. The van der Waals surface area contributed by atoms with Gasteiger partial charge < -0.3 is 5.32 Å².